The van der Waals surface area contributed by atoms with Gasteiger partial charge in [-0.3, -0.25) is 4.79 Å². The highest BCUT2D eigenvalue weighted by atomic mass is 16.5. The lowest BCUT2D eigenvalue weighted by molar-refractivity contribution is -0.142. The average Bonchev–Trinajstić information content (AvgIpc) is 2.88. The van der Waals surface area contributed by atoms with Crippen molar-refractivity contribution < 1.29 is 24.2 Å². The van der Waals surface area contributed by atoms with Crippen molar-refractivity contribution in [2.24, 2.45) is 0 Å². The Labute approximate surface area is 204 Å². The summed E-state index contributed by atoms with van der Waals surface area (Å²) in [5.74, 6) is -1.77. The molecule has 0 saturated heterocycles. The van der Waals surface area contributed by atoms with Crippen molar-refractivity contribution >= 4 is 24.0 Å². The summed E-state index contributed by atoms with van der Waals surface area (Å²) in [6.45, 7) is 0.0500. The smallest absolute Gasteiger partial charge is 0.408 e. The minimum Gasteiger partial charge on any atom is -0.480 e. The first kappa shape index (κ1) is 25.2. The molecule has 0 spiro atoms. The molecule has 2 atom stereocenters. The van der Waals surface area contributed by atoms with Crippen LogP contribution in [-0.2, 0) is 27.4 Å². The van der Waals surface area contributed by atoms with Gasteiger partial charge in [0.25, 0.3) is 0 Å². The predicted molar refractivity (Wildman–Crippen MR) is 133 cm³/mol. The minimum atomic E-state index is -1.17. The third-order valence-corrected chi connectivity index (χ3v) is 5.20. The SMILES string of the molecule is O=C(N[C@H](Cc1ccccc1)C(=O)N[C@H](C/C=C/c1ccccc1)C(=O)O)OCc1ccccc1. The number of carboxylic acids is 1. The summed E-state index contributed by atoms with van der Waals surface area (Å²) in [6, 6.07) is 25.6. The van der Waals surface area contributed by atoms with Gasteiger partial charge in [0, 0.05) is 6.42 Å². The molecule has 0 aliphatic carbocycles. The van der Waals surface area contributed by atoms with Gasteiger partial charge in [-0.1, -0.05) is 103 Å². The third-order valence-electron chi connectivity index (χ3n) is 5.20. The number of nitrogens with one attached hydrogen (secondary N) is 2. The fourth-order valence-electron chi connectivity index (χ4n) is 3.36. The maximum absolute atomic E-state index is 13.0. The Morgan fingerprint density at radius 1 is 0.771 bits per heavy atom. The van der Waals surface area contributed by atoms with Crippen molar-refractivity contribution in [3.8, 4) is 0 Å². The van der Waals surface area contributed by atoms with Crippen molar-refractivity contribution in [3.63, 3.8) is 0 Å². The molecule has 3 aromatic carbocycles. The number of hydrogen-bond donors (Lipinski definition) is 3. The van der Waals surface area contributed by atoms with Crippen molar-refractivity contribution in [2.45, 2.75) is 31.5 Å². The lowest BCUT2D eigenvalue weighted by Crippen LogP contribution is -2.52. The van der Waals surface area contributed by atoms with Crippen LogP contribution < -0.4 is 10.6 Å². The van der Waals surface area contributed by atoms with Crippen molar-refractivity contribution in [1.29, 1.82) is 0 Å². The van der Waals surface area contributed by atoms with E-state index in [1.807, 2.05) is 91.0 Å². The third kappa shape index (κ3) is 8.81. The van der Waals surface area contributed by atoms with Gasteiger partial charge >= 0.3 is 12.1 Å². The molecule has 0 saturated carbocycles. The highest BCUT2D eigenvalue weighted by molar-refractivity contribution is 5.89. The molecule has 3 rings (SSSR count). The van der Waals surface area contributed by atoms with E-state index in [4.69, 9.17) is 4.74 Å². The number of carbonyl (C=O) groups is 3. The first-order chi connectivity index (χ1) is 17.0. The van der Waals surface area contributed by atoms with Crippen molar-refractivity contribution in [3.05, 3.63) is 114 Å². The Balaban J connectivity index is 1.64. The highest BCUT2D eigenvalue weighted by Gasteiger charge is 2.26. The average molecular weight is 473 g/mol. The number of hydrogen-bond acceptors (Lipinski definition) is 4. The summed E-state index contributed by atoms with van der Waals surface area (Å²) in [7, 11) is 0. The summed E-state index contributed by atoms with van der Waals surface area (Å²) >= 11 is 0. The first-order valence-corrected chi connectivity index (χ1v) is 11.3. The molecular formula is C28H28N2O5. The number of ether oxygens (including phenoxy) is 1. The van der Waals surface area contributed by atoms with Crippen LogP contribution in [0, 0.1) is 0 Å². The molecule has 2 amide bonds. The monoisotopic (exact) mass is 472 g/mol. The van der Waals surface area contributed by atoms with E-state index in [-0.39, 0.29) is 19.4 Å². The number of rotatable bonds is 11. The zero-order valence-electron chi connectivity index (χ0n) is 19.2. The Hall–Kier alpha value is -4.39. The molecule has 0 aromatic heterocycles. The molecule has 0 heterocycles. The van der Waals surface area contributed by atoms with Gasteiger partial charge in [0.05, 0.1) is 0 Å². The Kier molecular flexibility index (Phi) is 9.63. The van der Waals surface area contributed by atoms with Gasteiger partial charge in [-0.2, -0.15) is 0 Å². The predicted octanol–water partition coefficient (Wildman–Crippen LogP) is 4.20. The molecule has 0 aliphatic rings. The van der Waals surface area contributed by atoms with E-state index in [0.717, 1.165) is 16.7 Å². The maximum Gasteiger partial charge on any atom is 0.408 e. The van der Waals surface area contributed by atoms with Gasteiger partial charge in [0.15, 0.2) is 0 Å². The molecule has 0 fully saturated rings. The molecule has 0 radical (unpaired) electrons. The van der Waals surface area contributed by atoms with Gasteiger partial charge in [-0.15, -0.1) is 0 Å². The largest absolute Gasteiger partial charge is 0.480 e. The quantitative estimate of drug-likeness (QED) is 0.388. The van der Waals surface area contributed by atoms with Gasteiger partial charge in [0.1, 0.15) is 18.7 Å². The number of aliphatic carboxylic acids is 1. The number of carboxylic acid groups (broad SMARTS) is 1. The maximum atomic E-state index is 13.0. The second kappa shape index (κ2) is 13.3. The highest BCUT2D eigenvalue weighted by Crippen LogP contribution is 2.08. The fourth-order valence-corrected chi connectivity index (χ4v) is 3.36. The second-order valence-electron chi connectivity index (χ2n) is 7.90. The van der Waals surface area contributed by atoms with Crippen LogP contribution in [0.1, 0.15) is 23.1 Å². The summed E-state index contributed by atoms with van der Waals surface area (Å²) in [6.07, 6.45) is 3.00. The van der Waals surface area contributed by atoms with Crippen molar-refractivity contribution in [1.82, 2.24) is 10.6 Å². The fraction of sp³-hybridized carbons (Fsp3) is 0.179. The van der Waals surface area contributed by atoms with Crippen LogP contribution in [0.15, 0.2) is 97.1 Å². The van der Waals surface area contributed by atoms with E-state index in [1.165, 1.54) is 0 Å². The van der Waals surface area contributed by atoms with E-state index in [1.54, 1.807) is 12.2 Å². The van der Waals surface area contributed by atoms with Crippen LogP contribution in [0.2, 0.25) is 0 Å². The molecule has 0 aliphatic heterocycles. The van der Waals surface area contributed by atoms with Crippen LogP contribution in [0.25, 0.3) is 6.08 Å². The number of amides is 2. The number of benzene rings is 3. The molecule has 7 nitrogen and oxygen atoms in total. The minimum absolute atomic E-state index is 0.0500. The van der Waals surface area contributed by atoms with Crippen LogP contribution in [0.3, 0.4) is 0 Å². The van der Waals surface area contributed by atoms with Gasteiger partial charge < -0.3 is 20.5 Å². The number of carbonyl (C=O) groups excluding carboxylic acids is 2. The lowest BCUT2D eigenvalue weighted by atomic mass is 10.0. The van der Waals surface area contributed by atoms with Crippen LogP contribution in [0.4, 0.5) is 4.79 Å². The standard InChI is InChI=1S/C28H28N2O5/c31-26(29-24(27(32)33)18-10-17-21-11-4-1-5-12-21)25(19-22-13-6-2-7-14-22)30-28(34)35-20-23-15-8-3-9-16-23/h1-17,24-25H,18-20H2,(H,29,31)(H,30,34)(H,32,33)/b17-10+/t24-,25-/m1/s1. The molecule has 3 N–H and O–H groups in total. The number of alkyl carbamates (subject to hydrolysis) is 1. The zero-order chi connectivity index (χ0) is 24.9. The summed E-state index contributed by atoms with van der Waals surface area (Å²) < 4.78 is 5.26. The first-order valence-electron chi connectivity index (χ1n) is 11.3. The van der Waals surface area contributed by atoms with E-state index in [2.05, 4.69) is 10.6 Å². The normalized spacial score (nSPS) is 12.5. The van der Waals surface area contributed by atoms with E-state index in [9.17, 15) is 19.5 Å². The lowest BCUT2D eigenvalue weighted by Gasteiger charge is -2.21. The molecule has 0 bridgehead atoms. The molecule has 35 heavy (non-hydrogen) atoms. The van der Waals surface area contributed by atoms with E-state index < -0.39 is 30.1 Å². The Bertz CT molecular complexity index is 1120. The van der Waals surface area contributed by atoms with Crippen molar-refractivity contribution in [2.75, 3.05) is 0 Å². The van der Waals surface area contributed by atoms with E-state index in [0.29, 0.717) is 0 Å². The summed E-state index contributed by atoms with van der Waals surface area (Å²) in [5.41, 5.74) is 2.54. The molecule has 3 aromatic rings. The molecule has 0 unspecified atom stereocenters. The zero-order valence-corrected chi connectivity index (χ0v) is 19.2. The Morgan fingerprint density at radius 2 is 1.34 bits per heavy atom. The van der Waals surface area contributed by atoms with Crippen LogP contribution in [-0.4, -0.2) is 35.2 Å². The molecule has 180 valence electrons. The van der Waals surface area contributed by atoms with Gasteiger partial charge in [-0.25, -0.2) is 9.59 Å². The summed E-state index contributed by atoms with van der Waals surface area (Å²) in [4.78, 5) is 37.2. The molecular weight excluding hydrogens is 444 g/mol. The van der Waals surface area contributed by atoms with Crippen LogP contribution in [0.5, 0.6) is 0 Å². The Morgan fingerprint density at radius 3 is 1.94 bits per heavy atom. The van der Waals surface area contributed by atoms with Crippen LogP contribution >= 0.6 is 0 Å². The van der Waals surface area contributed by atoms with E-state index >= 15 is 0 Å². The van der Waals surface area contributed by atoms with Gasteiger partial charge in [-0.05, 0) is 23.1 Å². The second-order valence-corrected chi connectivity index (χ2v) is 7.90. The topological polar surface area (TPSA) is 105 Å². The summed E-state index contributed by atoms with van der Waals surface area (Å²) in [5, 5.41) is 14.7. The molecule has 7 heteroatoms. The van der Waals surface area contributed by atoms with Gasteiger partial charge in [0.2, 0.25) is 5.91 Å².